The van der Waals surface area contributed by atoms with Crippen LogP contribution < -0.4 is 15.6 Å². The number of carbonyl (C=O) groups is 1. The lowest BCUT2D eigenvalue weighted by molar-refractivity contribution is -0.114. The van der Waals surface area contributed by atoms with Crippen LogP contribution in [0.1, 0.15) is 23.1 Å². The molecule has 0 aromatic heterocycles. The van der Waals surface area contributed by atoms with Crippen LogP contribution in [0.5, 0.6) is 11.5 Å². The van der Waals surface area contributed by atoms with Crippen LogP contribution >= 0.6 is 0 Å². The van der Waals surface area contributed by atoms with Gasteiger partial charge in [0.15, 0.2) is 11.5 Å². The van der Waals surface area contributed by atoms with Crippen molar-refractivity contribution in [3.05, 3.63) is 95.6 Å². The number of aromatic hydroxyl groups is 1. The number of ether oxygens (including phenoxy) is 1. The molecule has 1 aliphatic rings. The summed E-state index contributed by atoms with van der Waals surface area (Å²) in [6.07, 6.45) is 1.86. The molecule has 0 saturated carbocycles. The van der Waals surface area contributed by atoms with Crippen molar-refractivity contribution in [2.75, 3.05) is 7.11 Å². The summed E-state index contributed by atoms with van der Waals surface area (Å²) < 4.78 is 5.07. The van der Waals surface area contributed by atoms with Crippen LogP contribution in [0.25, 0.3) is 0 Å². The van der Waals surface area contributed by atoms with Gasteiger partial charge in [-0.2, -0.15) is 10.2 Å². The van der Waals surface area contributed by atoms with Crippen LogP contribution in [-0.4, -0.2) is 30.0 Å². The summed E-state index contributed by atoms with van der Waals surface area (Å²) in [6.45, 7) is 0. The van der Waals surface area contributed by atoms with Crippen molar-refractivity contribution < 1.29 is 14.6 Å². The number of hydrogen-bond acceptors (Lipinski definition) is 6. The number of methoxy groups -OCH3 is 1. The van der Waals surface area contributed by atoms with Crippen LogP contribution in [0.4, 0.5) is 0 Å². The monoisotopic (exact) mass is 414 g/mol. The van der Waals surface area contributed by atoms with E-state index in [1.807, 2.05) is 60.7 Å². The number of hydrogen-bond donors (Lipinski definition) is 3. The Morgan fingerprint density at radius 2 is 1.74 bits per heavy atom. The number of nitrogens with one attached hydrogen (secondary N) is 2. The molecule has 1 amide bonds. The molecular weight excluding hydrogens is 392 g/mol. The molecule has 0 spiro atoms. The van der Waals surface area contributed by atoms with E-state index < -0.39 is 5.54 Å². The van der Waals surface area contributed by atoms with Crippen LogP contribution in [0.3, 0.4) is 0 Å². The first-order valence-corrected chi connectivity index (χ1v) is 9.77. The Labute approximate surface area is 180 Å². The van der Waals surface area contributed by atoms with Crippen LogP contribution in [0.15, 0.2) is 89.1 Å². The van der Waals surface area contributed by atoms with Gasteiger partial charge in [0.2, 0.25) is 0 Å². The summed E-state index contributed by atoms with van der Waals surface area (Å²) in [5.74, 6) is -0.0217. The number of phenols is 1. The van der Waals surface area contributed by atoms with E-state index in [4.69, 9.17) is 4.74 Å². The number of nitrogens with zero attached hydrogens (tertiary/aromatic N) is 2. The molecule has 3 N–H and O–H groups in total. The standard InChI is InChI=1S/C24H22N4O3/c1-31-22-14-17(12-13-21(22)29)16-25-27-23(30)20-15-24(28-26-20,18-8-4-2-5-9-18)19-10-6-3-7-11-19/h2-14,16,28-29H,15H2,1H3,(H,27,30). The first kappa shape index (κ1) is 20.2. The maximum absolute atomic E-state index is 12.7. The lowest BCUT2D eigenvalue weighted by Gasteiger charge is -2.30. The fourth-order valence-electron chi connectivity index (χ4n) is 3.57. The van der Waals surface area contributed by atoms with E-state index in [1.54, 1.807) is 12.1 Å². The summed E-state index contributed by atoms with van der Waals surface area (Å²) in [6, 6.07) is 24.7. The third-order valence-corrected chi connectivity index (χ3v) is 5.19. The molecule has 3 aromatic carbocycles. The van der Waals surface area contributed by atoms with E-state index in [9.17, 15) is 9.90 Å². The highest BCUT2D eigenvalue weighted by Crippen LogP contribution is 2.36. The van der Waals surface area contributed by atoms with Crippen molar-refractivity contribution in [1.29, 1.82) is 0 Å². The first-order chi connectivity index (χ1) is 15.1. The predicted molar refractivity (Wildman–Crippen MR) is 119 cm³/mol. The first-order valence-electron chi connectivity index (χ1n) is 9.77. The Balaban J connectivity index is 1.50. The van der Waals surface area contributed by atoms with Crippen LogP contribution in [0, 0.1) is 0 Å². The third kappa shape index (κ3) is 4.11. The van der Waals surface area contributed by atoms with E-state index >= 15 is 0 Å². The third-order valence-electron chi connectivity index (χ3n) is 5.19. The predicted octanol–water partition coefficient (Wildman–Crippen LogP) is 3.14. The second kappa shape index (κ2) is 8.71. The van der Waals surface area contributed by atoms with Gasteiger partial charge in [-0.1, -0.05) is 60.7 Å². The maximum Gasteiger partial charge on any atom is 0.287 e. The molecule has 4 rings (SSSR count). The molecule has 0 bridgehead atoms. The smallest absolute Gasteiger partial charge is 0.287 e. The number of hydrazone groups is 2. The number of amides is 1. The molecule has 0 saturated heterocycles. The van der Waals surface area contributed by atoms with Crippen molar-refractivity contribution in [2.45, 2.75) is 12.0 Å². The molecule has 0 fully saturated rings. The van der Waals surface area contributed by atoms with Crippen molar-refractivity contribution in [3.63, 3.8) is 0 Å². The number of rotatable bonds is 6. The zero-order valence-corrected chi connectivity index (χ0v) is 16.9. The summed E-state index contributed by atoms with van der Waals surface area (Å²) in [4.78, 5) is 12.7. The van der Waals surface area contributed by atoms with Gasteiger partial charge in [-0.05, 0) is 34.9 Å². The van der Waals surface area contributed by atoms with E-state index in [-0.39, 0.29) is 11.7 Å². The molecule has 3 aromatic rings. The summed E-state index contributed by atoms with van der Waals surface area (Å²) >= 11 is 0. The highest BCUT2D eigenvalue weighted by atomic mass is 16.5. The van der Waals surface area contributed by atoms with Gasteiger partial charge in [0.25, 0.3) is 5.91 Å². The van der Waals surface area contributed by atoms with E-state index in [1.165, 1.54) is 19.4 Å². The largest absolute Gasteiger partial charge is 0.504 e. The van der Waals surface area contributed by atoms with Gasteiger partial charge in [0.1, 0.15) is 11.3 Å². The summed E-state index contributed by atoms with van der Waals surface area (Å²) in [5.41, 5.74) is 8.16. The molecule has 156 valence electrons. The highest BCUT2D eigenvalue weighted by Gasteiger charge is 2.41. The van der Waals surface area contributed by atoms with Gasteiger partial charge < -0.3 is 9.84 Å². The van der Waals surface area contributed by atoms with Gasteiger partial charge in [-0.15, -0.1) is 0 Å². The minimum Gasteiger partial charge on any atom is -0.504 e. The molecule has 7 nitrogen and oxygen atoms in total. The lowest BCUT2D eigenvalue weighted by atomic mass is 9.80. The second-order valence-electron chi connectivity index (χ2n) is 7.11. The van der Waals surface area contributed by atoms with Crippen molar-refractivity contribution in [1.82, 2.24) is 10.9 Å². The van der Waals surface area contributed by atoms with E-state index in [2.05, 4.69) is 21.1 Å². The number of carbonyl (C=O) groups excluding carboxylic acids is 1. The van der Waals surface area contributed by atoms with E-state index in [0.717, 1.165) is 11.1 Å². The summed E-state index contributed by atoms with van der Waals surface area (Å²) in [5, 5.41) is 18.0. The van der Waals surface area contributed by atoms with Gasteiger partial charge in [0.05, 0.1) is 13.3 Å². The molecule has 0 radical (unpaired) electrons. The topological polar surface area (TPSA) is 95.3 Å². The number of phenolic OH excluding ortho intramolecular Hbond substituents is 1. The summed E-state index contributed by atoms with van der Waals surface area (Å²) in [7, 11) is 1.47. The minimum atomic E-state index is -0.622. The zero-order valence-electron chi connectivity index (χ0n) is 16.9. The highest BCUT2D eigenvalue weighted by molar-refractivity contribution is 6.39. The average molecular weight is 414 g/mol. The molecule has 0 atom stereocenters. The maximum atomic E-state index is 12.7. The molecule has 0 aliphatic carbocycles. The molecular formula is C24H22N4O3. The van der Waals surface area contributed by atoms with Gasteiger partial charge in [0, 0.05) is 6.42 Å². The lowest BCUT2D eigenvalue weighted by Crippen LogP contribution is -2.38. The van der Waals surface area contributed by atoms with Crippen molar-refractivity contribution >= 4 is 17.8 Å². The number of benzene rings is 3. The molecule has 7 heteroatoms. The minimum absolute atomic E-state index is 0.0354. The van der Waals surface area contributed by atoms with Gasteiger partial charge in [-0.3, -0.25) is 10.2 Å². The fourth-order valence-corrected chi connectivity index (χ4v) is 3.57. The Bertz CT molecular complexity index is 1090. The van der Waals surface area contributed by atoms with Crippen molar-refractivity contribution in [3.8, 4) is 11.5 Å². The van der Waals surface area contributed by atoms with Crippen molar-refractivity contribution in [2.24, 2.45) is 10.2 Å². The van der Waals surface area contributed by atoms with Gasteiger partial charge >= 0.3 is 0 Å². The normalized spacial score (nSPS) is 14.7. The molecule has 0 unspecified atom stereocenters. The van der Waals surface area contributed by atoms with Crippen LogP contribution in [0.2, 0.25) is 0 Å². The second-order valence-corrected chi connectivity index (χ2v) is 7.11. The van der Waals surface area contributed by atoms with Crippen LogP contribution in [-0.2, 0) is 10.3 Å². The zero-order chi connectivity index (χ0) is 21.7. The van der Waals surface area contributed by atoms with Gasteiger partial charge in [-0.25, -0.2) is 5.43 Å². The Hall–Kier alpha value is -4.13. The Kier molecular flexibility index (Phi) is 5.66. The van der Waals surface area contributed by atoms with E-state index in [0.29, 0.717) is 23.4 Å². The molecule has 1 aliphatic heterocycles. The Morgan fingerprint density at radius 3 is 2.35 bits per heavy atom. The fraction of sp³-hybridized carbons (Fsp3) is 0.125. The average Bonchev–Trinajstić information content (AvgIpc) is 3.28. The molecule has 1 heterocycles. The SMILES string of the molecule is COc1cc(C=NNC(=O)C2=NNC(c3ccccc3)(c3ccccc3)C2)ccc1O. The Morgan fingerprint density at radius 1 is 1.10 bits per heavy atom. The quantitative estimate of drug-likeness (QED) is 0.427. The molecule has 31 heavy (non-hydrogen) atoms.